The fourth-order valence-corrected chi connectivity index (χ4v) is 4.18. The summed E-state index contributed by atoms with van der Waals surface area (Å²) in [4.78, 5) is 27.3. The van der Waals surface area contributed by atoms with E-state index in [1.807, 2.05) is 26.8 Å². The largest absolute Gasteiger partial charge is 0.460 e. The molecule has 3 aromatic rings. The van der Waals surface area contributed by atoms with Crippen LogP contribution in [0.2, 0.25) is 10.0 Å². The van der Waals surface area contributed by atoms with E-state index in [9.17, 15) is 14.0 Å². The Hall–Kier alpha value is -2.89. The summed E-state index contributed by atoms with van der Waals surface area (Å²) < 4.78 is 18.8. The minimum absolute atomic E-state index is 0.204. The zero-order valence-electron chi connectivity index (χ0n) is 20.0. The molecule has 4 nitrogen and oxygen atoms in total. The number of rotatable bonds is 8. The summed E-state index contributed by atoms with van der Waals surface area (Å²) in [5, 5.41) is 0.955. The number of amides is 1. The van der Waals surface area contributed by atoms with Gasteiger partial charge in [-0.25, -0.2) is 4.39 Å². The predicted octanol–water partition coefficient (Wildman–Crippen LogP) is 7.25. The van der Waals surface area contributed by atoms with Crippen molar-refractivity contribution in [3.05, 3.63) is 105 Å². The number of aryl methyl sites for hydroxylation is 1. The Balaban J connectivity index is 1.81. The maximum Gasteiger partial charge on any atom is 0.306 e. The normalized spacial score (nSPS) is 11.3. The number of ether oxygens (including phenoxy) is 1. The molecule has 3 aromatic carbocycles. The van der Waals surface area contributed by atoms with E-state index in [1.165, 1.54) is 12.1 Å². The molecule has 0 unspecified atom stereocenters. The number of hydrogen-bond acceptors (Lipinski definition) is 3. The summed E-state index contributed by atoms with van der Waals surface area (Å²) in [7, 11) is 0. The van der Waals surface area contributed by atoms with Crippen LogP contribution in [0.5, 0.6) is 0 Å². The van der Waals surface area contributed by atoms with Gasteiger partial charge in [0, 0.05) is 35.1 Å². The Kier molecular flexibility index (Phi) is 8.92. The van der Waals surface area contributed by atoms with Gasteiger partial charge in [0.15, 0.2) is 0 Å². The SMILES string of the molecule is CC(C)(C)OC(=O)CCc1cccc(C(=O)N(Cc2ccc(F)cc2)Cc2cc(Cl)cc(Cl)c2)c1. The number of carbonyl (C=O) groups excluding carboxylic acids is 2. The van der Waals surface area contributed by atoms with Gasteiger partial charge < -0.3 is 9.64 Å². The van der Waals surface area contributed by atoms with Crippen LogP contribution in [0.4, 0.5) is 4.39 Å². The molecule has 0 aliphatic rings. The Labute approximate surface area is 215 Å². The summed E-state index contributed by atoms with van der Waals surface area (Å²) in [6, 6.07) is 18.4. The van der Waals surface area contributed by atoms with Crippen LogP contribution in [0.25, 0.3) is 0 Å². The fourth-order valence-electron chi connectivity index (χ4n) is 3.61. The Bertz CT molecular complexity index is 1170. The first-order chi connectivity index (χ1) is 16.5. The molecule has 0 heterocycles. The van der Waals surface area contributed by atoms with E-state index < -0.39 is 5.60 Å². The van der Waals surface area contributed by atoms with Crippen LogP contribution in [-0.4, -0.2) is 22.4 Å². The summed E-state index contributed by atoms with van der Waals surface area (Å²) >= 11 is 12.3. The van der Waals surface area contributed by atoms with Crippen molar-refractivity contribution < 1.29 is 18.7 Å². The average molecular weight is 516 g/mol. The van der Waals surface area contributed by atoms with Gasteiger partial charge in [-0.3, -0.25) is 9.59 Å². The van der Waals surface area contributed by atoms with Gasteiger partial charge in [0.2, 0.25) is 0 Å². The van der Waals surface area contributed by atoms with E-state index in [4.69, 9.17) is 27.9 Å². The molecule has 0 spiro atoms. The molecule has 184 valence electrons. The molecular weight excluding hydrogens is 488 g/mol. The first kappa shape index (κ1) is 26.7. The lowest BCUT2D eigenvalue weighted by Gasteiger charge is -2.24. The summed E-state index contributed by atoms with van der Waals surface area (Å²) in [5.41, 5.74) is 2.36. The molecule has 0 fully saturated rings. The van der Waals surface area contributed by atoms with Crippen molar-refractivity contribution in [2.45, 2.75) is 52.3 Å². The number of carbonyl (C=O) groups is 2. The lowest BCUT2D eigenvalue weighted by Crippen LogP contribution is -2.30. The molecule has 0 atom stereocenters. The fraction of sp³-hybridized carbons (Fsp3) is 0.286. The molecule has 0 aliphatic carbocycles. The molecule has 0 N–H and O–H groups in total. The highest BCUT2D eigenvalue weighted by atomic mass is 35.5. The zero-order valence-corrected chi connectivity index (χ0v) is 21.5. The first-order valence-corrected chi connectivity index (χ1v) is 12.0. The van der Waals surface area contributed by atoms with Gasteiger partial charge >= 0.3 is 5.97 Å². The second-order valence-electron chi connectivity index (χ2n) is 9.35. The average Bonchev–Trinajstić information content (AvgIpc) is 2.76. The van der Waals surface area contributed by atoms with Crippen molar-refractivity contribution in [1.29, 1.82) is 0 Å². The van der Waals surface area contributed by atoms with Crippen molar-refractivity contribution in [3.63, 3.8) is 0 Å². The van der Waals surface area contributed by atoms with E-state index in [1.54, 1.807) is 53.4 Å². The van der Waals surface area contributed by atoms with Gasteiger partial charge in [0.05, 0.1) is 0 Å². The third-order valence-corrected chi connectivity index (χ3v) is 5.52. The minimum Gasteiger partial charge on any atom is -0.460 e. The van der Waals surface area contributed by atoms with Crippen LogP contribution in [0.3, 0.4) is 0 Å². The van der Waals surface area contributed by atoms with Crippen LogP contribution < -0.4 is 0 Å². The summed E-state index contributed by atoms with van der Waals surface area (Å²) in [5.74, 6) is -0.833. The van der Waals surface area contributed by atoms with Crippen LogP contribution in [0.1, 0.15) is 54.2 Å². The maximum absolute atomic E-state index is 13.6. The van der Waals surface area contributed by atoms with Gasteiger partial charge in [-0.2, -0.15) is 0 Å². The van der Waals surface area contributed by atoms with Gasteiger partial charge in [0.1, 0.15) is 11.4 Å². The summed E-state index contributed by atoms with van der Waals surface area (Å²) in [6.07, 6.45) is 0.674. The van der Waals surface area contributed by atoms with Gasteiger partial charge in [-0.05, 0) is 86.3 Å². The minimum atomic E-state index is -0.543. The second-order valence-corrected chi connectivity index (χ2v) is 10.2. The molecule has 1 amide bonds. The van der Waals surface area contributed by atoms with Crippen LogP contribution in [0.15, 0.2) is 66.7 Å². The molecule has 0 saturated carbocycles. The van der Waals surface area contributed by atoms with Crippen molar-refractivity contribution >= 4 is 35.1 Å². The molecule has 0 aliphatic heterocycles. The van der Waals surface area contributed by atoms with E-state index in [0.717, 1.165) is 16.7 Å². The lowest BCUT2D eigenvalue weighted by molar-refractivity contribution is -0.154. The third-order valence-electron chi connectivity index (χ3n) is 5.08. The van der Waals surface area contributed by atoms with Crippen LogP contribution in [-0.2, 0) is 29.0 Å². The number of nitrogens with zero attached hydrogens (tertiary/aromatic N) is 1. The van der Waals surface area contributed by atoms with E-state index in [-0.39, 0.29) is 37.2 Å². The van der Waals surface area contributed by atoms with Gasteiger partial charge in [-0.15, -0.1) is 0 Å². The standard InChI is InChI=1S/C28H28Cl2FNO3/c1-28(2,3)35-26(33)12-9-19-5-4-6-22(13-19)27(34)32(17-20-7-10-25(31)11-8-20)18-21-14-23(29)16-24(30)15-21/h4-8,10-11,13-16H,9,12,17-18H2,1-3H3. The highest BCUT2D eigenvalue weighted by molar-refractivity contribution is 6.34. The second kappa shape index (κ2) is 11.7. The molecule has 3 rings (SSSR count). The Morgan fingerprint density at radius 3 is 2.11 bits per heavy atom. The van der Waals surface area contributed by atoms with Crippen LogP contribution >= 0.6 is 23.2 Å². The van der Waals surface area contributed by atoms with Crippen LogP contribution in [0, 0.1) is 5.82 Å². The quantitative estimate of drug-likeness (QED) is 0.296. The molecule has 0 radical (unpaired) electrons. The van der Waals surface area contributed by atoms with E-state index in [0.29, 0.717) is 22.0 Å². The predicted molar refractivity (Wildman–Crippen MR) is 137 cm³/mol. The molecule has 35 heavy (non-hydrogen) atoms. The maximum atomic E-state index is 13.6. The smallest absolute Gasteiger partial charge is 0.306 e. The number of benzene rings is 3. The number of hydrogen-bond donors (Lipinski definition) is 0. The van der Waals surface area contributed by atoms with Crippen molar-refractivity contribution in [3.8, 4) is 0 Å². The van der Waals surface area contributed by atoms with Crippen molar-refractivity contribution in [2.75, 3.05) is 0 Å². The number of esters is 1. The van der Waals surface area contributed by atoms with Crippen molar-refractivity contribution in [1.82, 2.24) is 4.90 Å². The number of halogens is 3. The Morgan fingerprint density at radius 2 is 1.49 bits per heavy atom. The van der Waals surface area contributed by atoms with E-state index in [2.05, 4.69) is 0 Å². The third kappa shape index (κ3) is 8.68. The molecule has 0 bridgehead atoms. The summed E-state index contributed by atoms with van der Waals surface area (Å²) in [6.45, 7) is 6.01. The molecular formula is C28H28Cl2FNO3. The van der Waals surface area contributed by atoms with Crippen molar-refractivity contribution in [2.24, 2.45) is 0 Å². The highest BCUT2D eigenvalue weighted by Crippen LogP contribution is 2.22. The topological polar surface area (TPSA) is 46.6 Å². The van der Waals surface area contributed by atoms with Gasteiger partial charge in [-0.1, -0.05) is 47.5 Å². The molecule has 7 heteroatoms. The monoisotopic (exact) mass is 515 g/mol. The Morgan fingerprint density at radius 1 is 0.857 bits per heavy atom. The lowest BCUT2D eigenvalue weighted by atomic mass is 10.0. The van der Waals surface area contributed by atoms with E-state index >= 15 is 0 Å². The van der Waals surface area contributed by atoms with Gasteiger partial charge in [0.25, 0.3) is 5.91 Å². The highest BCUT2D eigenvalue weighted by Gasteiger charge is 2.19. The molecule has 0 aromatic heterocycles. The molecule has 0 saturated heterocycles. The zero-order chi connectivity index (χ0) is 25.6. The first-order valence-electron chi connectivity index (χ1n) is 11.3.